The largest absolute Gasteiger partial charge is 0.393 e. The first-order valence-electron chi connectivity index (χ1n) is 6.55. The number of anilines is 2. The molecular formula is C13H19ClN4O2. The number of hydrogen-bond acceptors (Lipinski definition) is 5. The van der Waals surface area contributed by atoms with E-state index in [4.69, 9.17) is 17.3 Å². The summed E-state index contributed by atoms with van der Waals surface area (Å²) in [4.78, 5) is 14.7. The fourth-order valence-electron chi connectivity index (χ4n) is 2.71. The second-order valence-electron chi connectivity index (χ2n) is 5.37. The summed E-state index contributed by atoms with van der Waals surface area (Å²) in [6.45, 7) is 1.82. The van der Waals surface area contributed by atoms with Crippen LogP contribution in [0.3, 0.4) is 0 Å². The molecule has 1 aromatic carbocycles. The van der Waals surface area contributed by atoms with E-state index in [2.05, 4.69) is 9.80 Å². The fraction of sp³-hybridized carbons (Fsp3) is 0.538. The summed E-state index contributed by atoms with van der Waals surface area (Å²) >= 11 is 6.21. The quantitative estimate of drug-likeness (QED) is 0.524. The normalized spacial score (nSPS) is 18.8. The maximum Gasteiger partial charge on any atom is 0.293 e. The predicted octanol–water partition coefficient (Wildman–Crippen LogP) is 2.36. The Labute approximate surface area is 123 Å². The molecule has 6 nitrogen and oxygen atoms in total. The molecule has 2 rings (SSSR count). The van der Waals surface area contributed by atoms with Crippen molar-refractivity contribution in [3.63, 3.8) is 0 Å². The van der Waals surface area contributed by atoms with Gasteiger partial charge in [-0.2, -0.15) is 0 Å². The Morgan fingerprint density at radius 2 is 2.25 bits per heavy atom. The molecule has 0 saturated carbocycles. The van der Waals surface area contributed by atoms with Gasteiger partial charge in [-0.15, -0.1) is 0 Å². The lowest BCUT2D eigenvalue weighted by Gasteiger charge is -2.29. The molecule has 1 aliphatic heterocycles. The van der Waals surface area contributed by atoms with Crippen molar-refractivity contribution in [2.24, 2.45) is 0 Å². The number of nitrogen functional groups attached to an aromatic ring is 1. The van der Waals surface area contributed by atoms with Gasteiger partial charge in [0.1, 0.15) is 5.69 Å². The molecular weight excluding hydrogens is 280 g/mol. The fourth-order valence-corrected chi connectivity index (χ4v) is 2.98. The first-order chi connectivity index (χ1) is 9.40. The van der Waals surface area contributed by atoms with Crippen molar-refractivity contribution in [1.82, 2.24) is 4.90 Å². The molecule has 110 valence electrons. The number of hydrogen-bond donors (Lipinski definition) is 1. The Kier molecular flexibility index (Phi) is 4.35. The molecule has 2 N–H and O–H groups in total. The van der Waals surface area contributed by atoms with Gasteiger partial charge in [0.25, 0.3) is 5.69 Å². The Hall–Kier alpha value is -1.53. The van der Waals surface area contributed by atoms with E-state index in [1.165, 1.54) is 6.07 Å². The Bertz CT molecular complexity index is 521. The molecule has 0 aromatic heterocycles. The van der Waals surface area contributed by atoms with E-state index in [-0.39, 0.29) is 11.4 Å². The van der Waals surface area contributed by atoms with Gasteiger partial charge in [-0.3, -0.25) is 10.1 Å². The molecule has 1 aliphatic rings. The van der Waals surface area contributed by atoms with Gasteiger partial charge >= 0.3 is 0 Å². The van der Waals surface area contributed by atoms with Crippen molar-refractivity contribution in [2.75, 3.05) is 37.8 Å². The van der Waals surface area contributed by atoms with Crippen LogP contribution in [0.1, 0.15) is 12.8 Å². The van der Waals surface area contributed by atoms with Crippen molar-refractivity contribution in [3.8, 4) is 0 Å². The van der Waals surface area contributed by atoms with Gasteiger partial charge in [-0.05, 0) is 33.0 Å². The predicted molar refractivity (Wildman–Crippen MR) is 81.4 cm³/mol. The molecule has 0 amide bonds. The minimum atomic E-state index is -0.508. The zero-order valence-corrected chi connectivity index (χ0v) is 12.4. The molecule has 0 radical (unpaired) electrons. The maximum atomic E-state index is 10.9. The summed E-state index contributed by atoms with van der Waals surface area (Å²) in [6, 6.07) is 3.33. The molecule has 7 heteroatoms. The number of nitro benzene ring substituents is 1. The summed E-state index contributed by atoms with van der Waals surface area (Å²) in [5, 5.41) is 11.2. The third-order valence-corrected chi connectivity index (χ3v) is 3.86. The van der Waals surface area contributed by atoms with E-state index in [0.717, 1.165) is 31.6 Å². The lowest BCUT2D eigenvalue weighted by Crippen LogP contribution is -2.37. The highest BCUT2D eigenvalue weighted by atomic mass is 35.5. The Morgan fingerprint density at radius 1 is 1.55 bits per heavy atom. The van der Waals surface area contributed by atoms with Gasteiger partial charge in [0.2, 0.25) is 0 Å². The van der Waals surface area contributed by atoms with Gasteiger partial charge in [0.15, 0.2) is 0 Å². The topological polar surface area (TPSA) is 75.6 Å². The van der Waals surface area contributed by atoms with Gasteiger partial charge in [-0.1, -0.05) is 11.6 Å². The Balaban J connectivity index is 2.32. The number of halogens is 1. The van der Waals surface area contributed by atoms with E-state index in [9.17, 15) is 10.1 Å². The van der Waals surface area contributed by atoms with E-state index in [1.807, 2.05) is 14.1 Å². The molecule has 1 atom stereocenters. The lowest BCUT2D eigenvalue weighted by molar-refractivity contribution is -0.383. The maximum absolute atomic E-state index is 10.9. The number of nitro groups is 1. The van der Waals surface area contributed by atoms with E-state index < -0.39 is 4.92 Å². The minimum absolute atomic E-state index is 0.137. The molecule has 1 saturated heterocycles. The summed E-state index contributed by atoms with van der Waals surface area (Å²) in [5.41, 5.74) is 6.58. The first kappa shape index (κ1) is 14.9. The number of rotatable bonds is 4. The van der Waals surface area contributed by atoms with E-state index >= 15 is 0 Å². The van der Waals surface area contributed by atoms with Crippen molar-refractivity contribution < 1.29 is 4.92 Å². The highest BCUT2D eigenvalue weighted by Crippen LogP contribution is 2.37. The molecule has 1 aromatic rings. The second kappa shape index (κ2) is 5.85. The average Bonchev–Trinajstić information content (AvgIpc) is 2.78. The van der Waals surface area contributed by atoms with Crippen molar-refractivity contribution in [2.45, 2.75) is 18.9 Å². The highest BCUT2D eigenvalue weighted by Gasteiger charge is 2.28. The van der Waals surface area contributed by atoms with E-state index in [1.54, 1.807) is 6.07 Å². The summed E-state index contributed by atoms with van der Waals surface area (Å²) in [6.07, 6.45) is 2.18. The molecule has 0 unspecified atom stereocenters. The third-order valence-electron chi connectivity index (χ3n) is 3.56. The van der Waals surface area contributed by atoms with Crippen LogP contribution < -0.4 is 10.6 Å². The molecule has 1 fully saturated rings. The first-order valence-corrected chi connectivity index (χ1v) is 6.92. The van der Waals surface area contributed by atoms with Gasteiger partial charge in [0, 0.05) is 25.2 Å². The van der Waals surface area contributed by atoms with Crippen molar-refractivity contribution in [1.29, 1.82) is 0 Å². The van der Waals surface area contributed by atoms with Crippen LogP contribution in [0.5, 0.6) is 0 Å². The molecule has 0 aliphatic carbocycles. The van der Waals surface area contributed by atoms with Crippen LogP contribution in [0.25, 0.3) is 0 Å². The average molecular weight is 299 g/mol. The highest BCUT2D eigenvalue weighted by molar-refractivity contribution is 6.33. The molecule has 20 heavy (non-hydrogen) atoms. The van der Waals surface area contributed by atoms with Crippen LogP contribution in [0.2, 0.25) is 5.02 Å². The van der Waals surface area contributed by atoms with Crippen LogP contribution >= 0.6 is 11.6 Å². The number of likely N-dealkylation sites (N-methyl/N-ethyl adjacent to an activating group) is 1. The Morgan fingerprint density at radius 3 is 2.85 bits per heavy atom. The lowest BCUT2D eigenvalue weighted by atomic mass is 10.2. The number of benzene rings is 1. The van der Waals surface area contributed by atoms with Gasteiger partial charge in [0.05, 0.1) is 15.6 Å². The van der Waals surface area contributed by atoms with Crippen molar-refractivity contribution in [3.05, 3.63) is 27.3 Å². The van der Waals surface area contributed by atoms with E-state index in [0.29, 0.717) is 11.1 Å². The SMILES string of the molecule is CN(C)C[C@H]1CCCN1c1cc(N)c([N+](=O)[O-])cc1Cl. The van der Waals surface area contributed by atoms with Crippen LogP contribution in [-0.2, 0) is 0 Å². The monoisotopic (exact) mass is 298 g/mol. The minimum Gasteiger partial charge on any atom is -0.393 e. The smallest absolute Gasteiger partial charge is 0.293 e. The second-order valence-corrected chi connectivity index (χ2v) is 5.78. The third kappa shape index (κ3) is 2.96. The zero-order chi connectivity index (χ0) is 14.9. The van der Waals surface area contributed by atoms with Gasteiger partial charge in [-0.25, -0.2) is 0 Å². The summed E-state index contributed by atoms with van der Waals surface area (Å²) in [7, 11) is 4.06. The standard InChI is InChI=1S/C13H19ClN4O2/c1-16(2)8-9-4-3-5-17(9)12-7-11(15)13(18(19)20)6-10(12)14/h6-7,9H,3-5,8,15H2,1-2H3/t9-/m1/s1. The van der Waals surface area contributed by atoms with Crippen molar-refractivity contribution >= 4 is 28.7 Å². The molecule has 0 spiro atoms. The summed E-state index contributed by atoms with van der Waals surface area (Å²) < 4.78 is 0. The van der Waals surface area contributed by atoms with Crippen LogP contribution in [0.4, 0.5) is 17.1 Å². The molecule has 1 heterocycles. The number of nitrogens with two attached hydrogens (primary N) is 1. The van der Waals surface area contributed by atoms with Crippen LogP contribution in [0.15, 0.2) is 12.1 Å². The number of nitrogens with zero attached hydrogens (tertiary/aromatic N) is 3. The van der Waals surface area contributed by atoms with Gasteiger partial charge < -0.3 is 15.5 Å². The zero-order valence-electron chi connectivity index (χ0n) is 11.7. The van der Waals surface area contributed by atoms with Crippen LogP contribution in [-0.4, -0.2) is 43.0 Å². The van der Waals surface area contributed by atoms with Crippen LogP contribution in [0, 0.1) is 10.1 Å². The summed E-state index contributed by atoms with van der Waals surface area (Å²) in [5.74, 6) is 0. The molecule has 0 bridgehead atoms.